The fraction of sp³-hybridized carbons (Fsp3) is 0.0556. The van der Waals surface area contributed by atoms with E-state index in [2.05, 4.69) is 143 Å². The Morgan fingerprint density at radius 3 is 1.13 bits per heavy atom. The van der Waals surface area contributed by atoms with E-state index in [1.807, 2.05) is 12.1 Å². The number of benzene rings is 5. The largest absolute Gasteiger partial charge is 0.231 e. The van der Waals surface area contributed by atoms with Gasteiger partial charge in [0, 0.05) is 11.1 Å². The zero-order valence-electron chi connectivity index (χ0n) is 21.1. The molecule has 0 aliphatic heterocycles. The molecule has 0 spiro atoms. The van der Waals surface area contributed by atoms with Crippen molar-refractivity contribution in [2.24, 2.45) is 0 Å². The van der Waals surface area contributed by atoms with Gasteiger partial charge in [0.25, 0.3) is 0 Å². The first kappa shape index (κ1) is 22.6. The van der Waals surface area contributed by atoms with Crippen molar-refractivity contribution in [3.8, 4) is 22.5 Å². The third kappa shape index (κ3) is 2.97. The topological polar surface area (TPSA) is 25.8 Å². The molecule has 0 fully saturated rings. The summed E-state index contributed by atoms with van der Waals surface area (Å²) < 4.78 is -0.433. The van der Waals surface area contributed by atoms with E-state index >= 15 is 0 Å². The summed E-state index contributed by atoms with van der Waals surface area (Å²) in [5.74, 6) is 0.796. The van der Waals surface area contributed by atoms with Crippen molar-refractivity contribution in [1.82, 2.24) is 9.97 Å². The van der Waals surface area contributed by atoms with Gasteiger partial charge in [-0.25, -0.2) is 9.97 Å². The summed E-state index contributed by atoms with van der Waals surface area (Å²) in [4.78, 5) is 10.8. The van der Waals surface area contributed by atoms with Crippen LogP contribution in [-0.4, -0.2) is 9.97 Å². The first-order valence-electron chi connectivity index (χ1n) is 13.2. The Hall–Kier alpha value is -4.34. The molecule has 39 heavy (non-hydrogen) atoms. The number of alkyl halides is 1. The molecule has 184 valence electrons. The highest BCUT2D eigenvalue weighted by Crippen LogP contribution is 2.65. The zero-order valence-corrected chi connectivity index (χ0v) is 22.6. The normalized spacial score (nSPS) is 20.1. The van der Waals surface area contributed by atoms with Crippen LogP contribution >= 0.6 is 15.9 Å². The summed E-state index contributed by atoms with van der Waals surface area (Å²) in [6, 6.07) is 49.4. The fourth-order valence-electron chi connectivity index (χ4n) is 6.69. The molecule has 2 bridgehead atoms. The van der Waals surface area contributed by atoms with Crippen molar-refractivity contribution < 1.29 is 0 Å². The van der Waals surface area contributed by atoms with Gasteiger partial charge in [-0.2, -0.15) is 0 Å². The summed E-state index contributed by atoms with van der Waals surface area (Å²) in [6.45, 7) is 0. The van der Waals surface area contributed by atoms with Gasteiger partial charge in [-0.15, -0.1) is 0 Å². The molecule has 0 amide bonds. The van der Waals surface area contributed by atoms with Gasteiger partial charge in [0.2, 0.25) is 0 Å². The zero-order chi connectivity index (χ0) is 26.0. The van der Waals surface area contributed by atoms with E-state index < -0.39 is 9.74 Å². The van der Waals surface area contributed by atoms with Crippen LogP contribution in [0.4, 0.5) is 0 Å². The molecule has 3 heteroatoms. The van der Waals surface area contributed by atoms with Crippen LogP contribution in [0.25, 0.3) is 22.5 Å². The molecule has 3 aliphatic rings. The molecular weight excluding hydrogens is 540 g/mol. The Balaban J connectivity index is 1.55. The molecule has 0 radical (unpaired) electrons. The van der Waals surface area contributed by atoms with Crippen LogP contribution in [0.3, 0.4) is 0 Å². The highest BCUT2D eigenvalue weighted by molar-refractivity contribution is 9.10. The molecule has 0 N–H and O–H groups in total. The van der Waals surface area contributed by atoms with Crippen LogP contribution in [0, 0.1) is 0 Å². The molecule has 2 nitrogen and oxygen atoms in total. The van der Waals surface area contributed by atoms with E-state index in [1.54, 1.807) is 0 Å². The lowest BCUT2D eigenvalue weighted by molar-refractivity contribution is 0.581. The first-order chi connectivity index (χ1) is 19.2. The van der Waals surface area contributed by atoms with Crippen LogP contribution in [0.2, 0.25) is 0 Å². The highest BCUT2D eigenvalue weighted by Gasteiger charge is 2.59. The lowest BCUT2D eigenvalue weighted by Gasteiger charge is -2.53. The maximum Gasteiger partial charge on any atom is 0.149 e. The third-order valence-electron chi connectivity index (χ3n) is 8.31. The van der Waals surface area contributed by atoms with E-state index in [0.717, 1.165) is 28.3 Å². The minimum absolute atomic E-state index is 0.433. The molecule has 0 saturated carbocycles. The number of hydrogen-bond acceptors (Lipinski definition) is 2. The lowest BCUT2D eigenvalue weighted by Crippen LogP contribution is -2.49. The van der Waals surface area contributed by atoms with E-state index in [-0.39, 0.29) is 0 Å². The Morgan fingerprint density at radius 1 is 0.410 bits per heavy atom. The average Bonchev–Trinajstić information content (AvgIpc) is 3.02. The SMILES string of the molecule is BrC12c3ccccc3C(c3nc(-c4ccccc4)cc(-c4ccccc4)n3)(c3ccccc31)c1ccccc12. The van der Waals surface area contributed by atoms with Crippen molar-refractivity contribution in [2.75, 3.05) is 0 Å². The second kappa shape index (κ2) is 8.33. The summed E-state index contributed by atoms with van der Waals surface area (Å²) in [5, 5.41) is 0. The molecular formula is C36H23BrN2. The van der Waals surface area contributed by atoms with Gasteiger partial charge >= 0.3 is 0 Å². The van der Waals surface area contributed by atoms with Gasteiger partial charge in [0.05, 0.1) is 11.4 Å². The Labute approximate surface area is 236 Å². The van der Waals surface area contributed by atoms with Gasteiger partial charge in [-0.1, -0.05) is 149 Å². The van der Waals surface area contributed by atoms with Crippen LogP contribution in [-0.2, 0) is 9.74 Å². The molecule has 5 aromatic carbocycles. The molecule has 0 atom stereocenters. The maximum absolute atomic E-state index is 5.41. The summed E-state index contributed by atoms with van der Waals surface area (Å²) in [6.07, 6.45) is 0. The van der Waals surface area contributed by atoms with E-state index in [1.165, 1.54) is 33.4 Å². The second-order valence-electron chi connectivity index (χ2n) is 10.2. The van der Waals surface area contributed by atoms with Crippen molar-refractivity contribution in [1.29, 1.82) is 0 Å². The minimum Gasteiger partial charge on any atom is -0.231 e. The molecule has 3 aliphatic carbocycles. The monoisotopic (exact) mass is 562 g/mol. The molecule has 0 saturated heterocycles. The fourth-order valence-corrected chi connectivity index (χ4v) is 7.73. The number of nitrogens with zero attached hydrogens (tertiary/aromatic N) is 2. The number of halogens is 1. The van der Waals surface area contributed by atoms with Gasteiger partial charge in [-0.3, -0.25) is 0 Å². The van der Waals surface area contributed by atoms with Gasteiger partial charge in [-0.05, 0) is 39.4 Å². The first-order valence-corrected chi connectivity index (χ1v) is 14.0. The minimum atomic E-state index is -0.659. The molecule has 1 aromatic heterocycles. The Morgan fingerprint density at radius 2 is 0.744 bits per heavy atom. The Bertz CT molecular complexity index is 1700. The summed E-state index contributed by atoms with van der Waals surface area (Å²) in [7, 11) is 0. The van der Waals surface area contributed by atoms with Crippen LogP contribution in [0.15, 0.2) is 140 Å². The van der Waals surface area contributed by atoms with Gasteiger partial charge in [0.15, 0.2) is 0 Å². The van der Waals surface area contributed by atoms with E-state index in [4.69, 9.17) is 9.97 Å². The van der Waals surface area contributed by atoms with Crippen molar-refractivity contribution in [2.45, 2.75) is 9.74 Å². The quantitative estimate of drug-likeness (QED) is 0.202. The summed E-state index contributed by atoms with van der Waals surface area (Å²) >= 11 is 4.29. The van der Waals surface area contributed by atoms with Crippen LogP contribution in [0.5, 0.6) is 0 Å². The number of hydrogen-bond donors (Lipinski definition) is 0. The van der Waals surface area contributed by atoms with Crippen LogP contribution in [0.1, 0.15) is 39.2 Å². The van der Waals surface area contributed by atoms with Gasteiger partial charge in [0.1, 0.15) is 15.6 Å². The van der Waals surface area contributed by atoms with E-state index in [0.29, 0.717) is 0 Å². The lowest BCUT2D eigenvalue weighted by atomic mass is 9.52. The predicted octanol–water partition coefficient (Wildman–Crippen LogP) is 8.51. The molecule has 9 rings (SSSR count). The Kier molecular flexibility index (Phi) is 4.83. The standard InChI is InChI=1S/C36H23BrN2/c37-36-29-20-10-7-17-26(29)35(27-18-8-11-21-30(27)36,28-19-9-12-22-31(28)36)34-38-32(24-13-3-1-4-14-24)23-33(39-34)25-15-5-2-6-16-25/h1-23H. The van der Waals surface area contributed by atoms with E-state index in [9.17, 15) is 0 Å². The average molecular weight is 563 g/mol. The molecule has 0 unspecified atom stereocenters. The summed E-state index contributed by atoms with van der Waals surface area (Å²) in [5.41, 5.74) is 10.7. The predicted molar refractivity (Wildman–Crippen MR) is 160 cm³/mol. The van der Waals surface area contributed by atoms with Crippen molar-refractivity contribution in [3.63, 3.8) is 0 Å². The van der Waals surface area contributed by atoms with Crippen molar-refractivity contribution >= 4 is 15.9 Å². The van der Waals surface area contributed by atoms with Crippen LogP contribution < -0.4 is 0 Å². The van der Waals surface area contributed by atoms with Gasteiger partial charge < -0.3 is 0 Å². The number of rotatable bonds is 3. The smallest absolute Gasteiger partial charge is 0.149 e. The third-order valence-corrected chi connectivity index (χ3v) is 9.59. The highest BCUT2D eigenvalue weighted by atomic mass is 79.9. The molecule has 1 heterocycles. The second-order valence-corrected chi connectivity index (χ2v) is 11.4. The van der Waals surface area contributed by atoms with Crippen molar-refractivity contribution in [3.05, 3.63) is 179 Å². The number of aromatic nitrogens is 2. The maximum atomic E-state index is 5.41. The molecule has 6 aromatic rings.